The van der Waals surface area contributed by atoms with Crippen molar-refractivity contribution in [1.82, 2.24) is 29.9 Å². The van der Waals surface area contributed by atoms with Crippen molar-refractivity contribution in [2.24, 2.45) is 0 Å². The van der Waals surface area contributed by atoms with Crippen LogP contribution in [-0.4, -0.2) is 42.4 Å². The summed E-state index contributed by atoms with van der Waals surface area (Å²) in [4.78, 5) is 36.6. The minimum atomic E-state index is -0.400. The molecule has 0 aromatic carbocycles. The van der Waals surface area contributed by atoms with E-state index in [2.05, 4.69) is 36.0 Å². The van der Waals surface area contributed by atoms with Gasteiger partial charge in [0.05, 0.1) is 17.6 Å². The lowest BCUT2D eigenvalue weighted by atomic mass is 10.1. The molecule has 3 aromatic rings. The Labute approximate surface area is 169 Å². The third-order valence-electron chi connectivity index (χ3n) is 4.50. The van der Waals surface area contributed by atoms with Crippen LogP contribution < -0.4 is 16.0 Å². The average Bonchev–Trinajstić information content (AvgIpc) is 3.33. The Hall–Kier alpha value is -3.53. The van der Waals surface area contributed by atoms with Crippen molar-refractivity contribution in [2.45, 2.75) is 25.3 Å². The first-order chi connectivity index (χ1) is 14.0. The van der Waals surface area contributed by atoms with Crippen molar-refractivity contribution in [3.05, 3.63) is 40.7 Å². The van der Waals surface area contributed by atoms with Crippen molar-refractivity contribution < 1.29 is 9.59 Å². The van der Waals surface area contributed by atoms with Gasteiger partial charge in [-0.15, -0.1) is 0 Å². The van der Waals surface area contributed by atoms with Crippen molar-refractivity contribution in [1.29, 1.82) is 0 Å². The number of amides is 2. The van der Waals surface area contributed by atoms with E-state index in [-0.39, 0.29) is 12.3 Å². The molecule has 2 fully saturated rings. The van der Waals surface area contributed by atoms with Crippen molar-refractivity contribution in [3.8, 4) is 0 Å². The second kappa shape index (κ2) is 6.82. The molecule has 2 aliphatic rings. The van der Waals surface area contributed by atoms with E-state index in [0.29, 0.717) is 45.6 Å². The van der Waals surface area contributed by atoms with Crippen molar-refractivity contribution in [2.75, 3.05) is 10.6 Å². The van der Waals surface area contributed by atoms with E-state index in [1.165, 1.54) is 6.20 Å². The first-order valence-corrected chi connectivity index (χ1v) is 9.38. The zero-order valence-corrected chi connectivity index (χ0v) is 15.8. The van der Waals surface area contributed by atoms with Gasteiger partial charge in [0.25, 0.3) is 5.91 Å². The fourth-order valence-electron chi connectivity index (χ4n) is 2.93. The highest BCUT2D eigenvalue weighted by atomic mass is 35.5. The molecule has 0 unspecified atom stereocenters. The molecule has 5 rings (SSSR count). The minimum Gasteiger partial charge on any atom is -0.351 e. The molecule has 4 heterocycles. The summed E-state index contributed by atoms with van der Waals surface area (Å²) in [5, 5.41) is 13.5. The molecular weight excluding hydrogens is 396 g/mol. The Kier molecular flexibility index (Phi) is 4.13. The van der Waals surface area contributed by atoms with Crippen LogP contribution in [0, 0.1) is 0 Å². The van der Waals surface area contributed by atoms with E-state index in [1.54, 1.807) is 28.9 Å². The summed E-state index contributed by atoms with van der Waals surface area (Å²) in [7, 11) is 0. The van der Waals surface area contributed by atoms with Crippen LogP contribution in [0.4, 0.5) is 17.7 Å². The summed E-state index contributed by atoms with van der Waals surface area (Å²) < 4.78 is 1.58. The standard InChI is InChI=1S/C18H15ClN8O2/c19-11-1-4-13(20-8-11)23-17-25-15-10(5-9-6-14(28)24-16(9)29)7-21-27(15)18(26-17)22-12-2-3-12/h1,4-5,7-8,12H,2-3,6H2,(H,24,28,29)(H2,20,22,23,25,26)/b9-5+. The zero-order valence-electron chi connectivity index (χ0n) is 15.0. The van der Waals surface area contributed by atoms with Crippen LogP contribution in [-0.2, 0) is 9.59 Å². The van der Waals surface area contributed by atoms with E-state index >= 15 is 0 Å². The second-order valence-corrected chi connectivity index (χ2v) is 7.27. The number of fused-ring (bicyclic) bond motifs is 1. The first kappa shape index (κ1) is 17.6. The monoisotopic (exact) mass is 410 g/mol. The van der Waals surface area contributed by atoms with E-state index in [9.17, 15) is 9.59 Å². The number of hydrogen-bond donors (Lipinski definition) is 3. The summed E-state index contributed by atoms with van der Waals surface area (Å²) in [5.41, 5.74) is 1.48. The second-order valence-electron chi connectivity index (χ2n) is 6.84. The van der Waals surface area contributed by atoms with Crippen molar-refractivity contribution in [3.63, 3.8) is 0 Å². The molecule has 0 radical (unpaired) electrons. The van der Waals surface area contributed by atoms with Gasteiger partial charge in [-0.25, -0.2) is 4.98 Å². The highest BCUT2D eigenvalue weighted by Crippen LogP contribution is 2.26. The molecule has 0 spiro atoms. The van der Waals surface area contributed by atoms with Gasteiger partial charge in [0.2, 0.25) is 17.8 Å². The number of halogens is 1. The zero-order chi connectivity index (χ0) is 20.0. The Morgan fingerprint density at radius 1 is 1.21 bits per heavy atom. The molecule has 29 heavy (non-hydrogen) atoms. The molecule has 146 valence electrons. The maximum atomic E-state index is 11.9. The Morgan fingerprint density at radius 3 is 2.76 bits per heavy atom. The number of anilines is 3. The van der Waals surface area contributed by atoms with Gasteiger partial charge in [-0.05, 0) is 31.1 Å². The lowest BCUT2D eigenvalue weighted by molar-refractivity contribution is -0.124. The molecule has 1 aliphatic carbocycles. The van der Waals surface area contributed by atoms with Crippen molar-refractivity contribution >= 4 is 52.9 Å². The highest BCUT2D eigenvalue weighted by molar-refractivity contribution is 6.30. The summed E-state index contributed by atoms with van der Waals surface area (Å²) in [6.07, 6.45) is 6.90. The number of carbonyl (C=O) groups excluding carboxylic acids is 2. The van der Waals surface area contributed by atoms with Crippen LogP contribution in [0.25, 0.3) is 11.7 Å². The van der Waals surface area contributed by atoms with Crippen LogP contribution in [0.5, 0.6) is 0 Å². The number of pyridine rings is 1. The van der Waals surface area contributed by atoms with Gasteiger partial charge < -0.3 is 10.6 Å². The quantitative estimate of drug-likeness (QED) is 0.430. The average molecular weight is 411 g/mol. The third kappa shape index (κ3) is 3.61. The first-order valence-electron chi connectivity index (χ1n) is 9.01. The van der Waals surface area contributed by atoms with Gasteiger partial charge in [0.15, 0.2) is 5.65 Å². The molecular formula is C18H15ClN8O2. The number of nitrogens with zero attached hydrogens (tertiary/aromatic N) is 5. The predicted octanol–water partition coefficient (Wildman–Crippen LogP) is 1.92. The fourth-order valence-corrected chi connectivity index (χ4v) is 3.04. The smallest absolute Gasteiger partial charge is 0.254 e. The van der Waals surface area contributed by atoms with Gasteiger partial charge in [-0.3, -0.25) is 14.9 Å². The normalized spacial score (nSPS) is 17.8. The maximum absolute atomic E-state index is 11.9. The Morgan fingerprint density at radius 2 is 2.07 bits per heavy atom. The topological polar surface area (TPSA) is 126 Å². The van der Waals surface area contributed by atoms with Gasteiger partial charge in [0, 0.05) is 23.4 Å². The Balaban J connectivity index is 1.56. The molecule has 3 N–H and O–H groups in total. The number of aromatic nitrogens is 5. The van der Waals surface area contributed by atoms with Gasteiger partial charge in [-0.2, -0.15) is 19.6 Å². The molecule has 3 aromatic heterocycles. The molecule has 0 bridgehead atoms. The van der Waals surface area contributed by atoms with Gasteiger partial charge in [0.1, 0.15) is 5.82 Å². The molecule has 1 aliphatic heterocycles. The van der Waals surface area contributed by atoms with E-state index in [1.807, 2.05) is 0 Å². The van der Waals surface area contributed by atoms with Crippen LogP contribution in [0.15, 0.2) is 30.1 Å². The van der Waals surface area contributed by atoms with E-state index in [4.69, 9.17) is 11.6 Å². The molecule has 1 saturated carbocycles. The molecule has 11 heteroatoms. The van der Waals surface area contributed by atoms with Gasteiger partial charge in [-0.1, -0.05) is 11.6 Å². The third-order valence-corrected chi connectivity index (χ3v) is 4.72. The summed E-state index contributed by atoms with van der Waals surface area (Å²) in [6, 6.07) is 3.78. The summed E-state index contributed by atoms with van der Waals surface area (Å²) >= 11 is 5.89. The predicted molar refractivity (Wildman–Crippen MR) is 106 cm³/mol. The molecule has 10 nitrogen and oxygen atoms in total. The lowest BCUT2D eigenvalue weighted by Crippen LogP contribution is -2.19. The van der Waals surface area contributed by atoms with E-state index < -0.39 is 5.91 Å². The summed E-state index contributed by atoms with van der Waals surface area (Å²) in [6.45, 7) is 0. The van der Waals surface area contributed by atoms with Crippen LogP contribution in [0.2, 0.25) is 5.02 Å². The molecule has 2 amide bonds. The lowest BCUT2D eigenvalue weighted by Gasteiger charge is -2.10. The van der Waals surface area contributed by atoms with Crippen LogP contribution in [0.1, 0.15) is 24.8 Å². The number of rotatable bonds is 5. The number of imide groups is 1. The largest absolute Gasteiger partial charge is 0.351 e. The Bertz CT molecular complexity index is 1170. The maximum Gasteiger partial charge on any atom is 0.254 e. The van der Waals surface area contributed by atoms with Crippen LogP contribution >= 0.6 is 11.6 Å². The minimum absolute atomic E-state index is 0.0360. The number of hydrogen-bond acceptors (Lipinski definition) is 8. The summed E-state index contributed by atoms with van der Waals surface area (Å²) in [5.74, 6) is 0.674. The molecule has 1 saturated heterocycles. The van der Waals surface area contributed by atoms with Crippen LogP contribution in [0.3, 0.4) is 0 Å². The number of nitrogens with one attached hydrogen (secondary N) is 3. The fraction of sp³-hybridized carbons (Fsp3) is 0.222. The van der Waals surface area contributed by atoms with Gasteiger partial charge >= 0.3 is 0 Å². The SMILES string of the molecule is O=C1C/C(=C\c2cnn3c(NC4CC4)nc(Nc4ccc(Cl)cn4)nc23)C(=O)N1. The molecule has 0 atom stereocenters. The highest BCUT2D eigenvalue weighted by Gasteiger charge is 2.26. The van der Waals surface area contributed by atoms with E-state index in [0.717, 1.165) is 12.8 Å². The number of carbonyl (C=O) groups is 2.